The summed E-state index contributed by atoms with van der Waals surface area (Å²) in [5.74, 6) is 0. The number of benzene rings is 2. The van der Waals surface area contributed by atoms with Crippen LogP contribution in [0, 0.1) is 6.92 Å². The summed E-state index contributed by atoms with van der Waals surface area (Å²) in [6.45, 7) is 1.65. The molecule has 0 aliphatic heterocycles. The van der Waals surface area contributed by atoms with Crippen LogP contribution in [0.3, 0.4) is 0 Å². The predicted molar refractivity (Wildman–Crippen MR) is 56.6 cm³/mol. The Morgan fingerprint density at radius 3 is 2.40 bits per heavy atom. The lowest BCUT2D eigenvalue weighted by molar-refractivity contribution is 0.462. The van der Waals surface area contributed by atoms with E-state index in [1.807, 2.05) is 18.2 Å². The van der Waals surface area contributed by atoms with Crippen LogP contribution in [0.25, 0.3) is 10.8 Å². The highest BCUT2D eigenvalue weighted by atomic mass is 32.2. The Bertz CT molecular complexity index is 615. The summed E-state index contributed by atoms with van der Waals surface area (Å²) in [4.78, 5) is -0.138. The van der Waals surface area contributed by atoms with Gasteiger partial charge in [0.1, 0.15) is 10.1 Å². The second-order valence-corrected chi connectivity index (χ2v) is 4.71. The Morgan fingerprint density at radius 1 is 1.07 bits per heavy atom. The van der Waals surface area contributed by atoms with Crippen molar-refractivity contribution < 1.29 is 13.0 Å². The molecule has 0 aliphatic rings. The zero-order valence-corrected chi connectivity index (χ0v) is 8.91. The highest BCUT2D eigenvalue weighted by molar-refractivity contribution is 7.85. The maximum absolute atomic E-state index is 10.9. The fourth-order valence-corrected chi connectivity index (χ4v) is 2.40. The minimum atomic E-state index is -4.37. The van der Waals surface area contributed by atoms with E-state index in [9.17, 15) is 13.0 Å². The summed E-state index contributed by atoms with van der Waals surface area (Å²) < 4.78 is 32.8. The van der Waals surface area contributed by atoms with Gasteiger partial charge in [0.25, 0.3) is 0 Å². The average molecular weight is 221 g/mol. The summed E-state index contributed by atoms with van der Waals surface area (Å²) in [5.41, 5.74) is 0.517. The molecule has 4 heteroatoms. The van der Waals surface area contributed by atoms with Crippen molar-refractivity contribution in [2.45, 2.75) is 11.8 Å². The second-order valence-electron chi connectivity index (χ2n) is 3.36. The van der Waals surface area contributed by atoms with Gasteiger partial charge in [-0.05, 0) is 29.3 Å². The van der Waals surface area contributed by atoms with E-state index in [1.54, 1.807) is 19.1 Å². The number of aryl methyl sites for hydroxylation is 1. The van der Waals surface area contributed by atoms with Gasteiger partial charge < -0.3 is 4.55 Å². The topological polar surface area (TPSA) is 57.2 Å². The van der Waals surface area contributed by atoms with Crippen LogP contribution in [0.2, 0.25) is 0 Å². The van der Waals surface area contributed by atoms with Gasteiger partial charge in [0.05, 0.1) is 4.90 Å². The predicted octanol–water partition coefficient (Wildman–Crippen LogP) is 2.05. The first kappa shape index (κ1) is 10.1. The van der Waals surface area contributed by atoms with E-state index in [-0.39, 0.29) is 4.90 Å². The molecule has 0 spiro atoms. The van der Waals surface area contributed by atoms with Crippen LogP contribution in [0.5, 0.6) is 0 Å². The van der Waals surface area contributed by atoms with Crippen LogP contribution in [0.4, 0.5) is 0 Å². The lowest BCUT2D eigenvalue weighted by Crippen LogP contribution is -2.01. The molecule has 2 aromatic carbocycles. The number of hydrogen-bond acceptors (Lipinski definition) is 3. The van der Waals surface area contributed by atoms with Crippen molar-refractivity contribution in [2.75, 3.05) is 0 Å². The SMILES string of the molecule is Cc1c(S(=O)(=O)[O-])ccc2ccccc12. The molecular weight excluding hydrogens is 212 g/mol. The second kappa shape index (κ2) is 3.32. The lowest BCUT2D eigenvalue weighted by Gasteiger charge is -2.12. The van der Waals surface area contributed by atoms with Crippen LogP contribution < -0.4 is 0 Å². The number of hydrogen-bond donors (Lipinski definition) is 0. The molecule has 3 nitrogen and oxygen atoms in total. The molecule has 78 valence electrons. The average Bonchev–Trinajstić information content (AvgIpc) is 2.16. The Morgan fingerprint density at radius 2 is 1.73 bits per heavy atom. The van der Waals surface area contributed by atoms with Gasteiger partial charge in [-0.2, -0.15) is 0 Å². The van der Waals surface area contributed by atoms with Gasteiger partial charge in [-0.1, -0.05) is 30.3 Å². The van der Waals surface area contributed by atoms with Crippen molar-refractivity contribution >= 4 is 20.9 Å². The maximum Gasteiger partial charge on any atom is 0.124 e. The third kappa shape index (κ3) is 1.73. The molecule has 0 bridgehead atoms. The molecule has 0 saturated carbocycles. The molecule has 2 aromatic rings. The van der Waals surface area contributed by atoms with E-state index in [0.717, 1.165) is 10.8 Å². The minimum absolute atomic E-state index is 0.138. The molecule has 2 rings (SSSR count). The van der Waals surface area contributed by atoms with Gasteiger partial charge >= 0.3 is 0 Å². The Kier molecular flexibility index (Phi) is 2.25. The molecule has 0 fully saturated rings. The Balaban J connectivity index is 2.88. The molecule has 0 aliphatic carbocycles. The largest absolute Gasteiger partial charge is 0.744 e. The van der Waals surface area contributed by atoms with E-state index in [2.05, 4.69) is 0 Å². The number of fused-ring (bicyclic) bond motifs is 1. The lowest BCUT2D eigenvalue weighted by atomic mass is 10.1. The standard InChI is InChI=1S/C11H10O3S/c1-8-10-5-3-2-4-9(10)6-7-11(8)15(12,13)14/h2-7H,1H3,(H,12,13,14)/p-1. The quantitative estimate of drug-likeness (QED) is 0.692. The van der Waals surface area contributed by atoms with Gasteiger partial charge in [0.15, 0.2) is 0 Å². The summed E-state index contributed by atoms with van der Waals surface area (Å²) in [7, 11) is -4.37. The van der Waals surface area contributed by atoms with Crippen LogP contribution in [0.1, 0.15) is 5.56 Å². The van der Waals surface area contributed by atoms with Gasteiger partial charge in [-0.3, -0.25) is 0 Å². The summed E-state index contributed by atoms with van der Waals surface area (Å²) in [5, 5.41) is 1.73. The Hall–Kier alpha value is -1.39. The van der Waals surface area contributed by atoms with Crippen molar-refractivity contribution in [2.24, 2.45) is 0 Å². The van der Waals surface area contributed by atoms with E-state index in [4.69, 9.17) is 0 Å². The van der Waals surface area contributed by atoms with Crippen molar-refractivity contribution in [3.63, 3.8) is 0 Å². The van der Waals surface area contributed by atoms with Crippen LogP contribution >= 0.6 is 0 Å². The van der Waals surface area contributed by atoms with Crippen molar-refractivity contribution in [1.82, 2.24) is 0 Å². The first-order valence-corrected chi connectivity index (χ1v) is 5.85. The van der Waals surface area contributed by atoms with Crippen LogP contribution in [0.15, 0.2) is 41.3 Å². The zero-order chi connectivity index (χ0) is 11.1. The highest BCUT2D eigenvalue weighted by Gasteiger charge is 2.07. The van der Waals surface area contributed by atoms with Crippen molar-refractivity contribution in [3.8, 4) is 0 Å². The molecule has 0 aromatic heterocycles. The zero-order valence-electron chi connectivity index (χ0n) is 8.10. The molecule has 0 saturated heterocycles. The normalized spacial score (nSPS) is 11.9. The Labute approximate surface area is 88.1 Å². The summed E-state index contributed by atoms with van der Waals surface area (Å²) >= 11 is 0. The smallest absolute Gasteiger partial charge is 0.124 e. The fraction of sp³-hybridized carbons (Fsp3) is 0.0909. The van der Waals surface area contributed by atoms with Gasteiger partial charge in [-0.25, -0.2) is 8.42 Å². The number of rotatable bonds is 1. The third-order valence-corrected chi connectivity index (χ3v) is 3.40. The molecule has 0 radical (unpaired) electrons. The van der Waals surface area contributed by atoms with Crippen LogP contribution in [-0.2, 0) is 10.1 Å². The molecule has 0 amide bonds. The molecular formula is C11H9O3S-. The first-order chi connectivity index (χ1) is 7.00. The fourth-order valence-electron chi connectivity index (χ4n) is 1.68. The summed E-state index contributed by atoms with van der Waals surface area (Å²) in [6.07, 6.45) is 0. The summed E-state index contributed by atoms with van der Waals surface area (Å²) in [6, 6.07) is 10.4. The molecule has 0 N–H and O–H groups in total. The highest BCUT2D eigenvalue weighted by Crippen LogP contribution is 2.24. The van der Waals surface area contributed by atoms with E-state index in [0.29, 0.717) is 5.56 Å². The molecule has 0 atom stereocenters. The van der Waals surface area contributed by atoms with Gasteiger partial charge in [0, 0.05) is 0 Å². The molecule has 0 heterocycles. The maximum atomic E-state index is 10.9. The first-order valence-electron chi connectivity index (χ1n) is 4.44. The monoisotopic (exact) mass is 221 g/mol. The third-order valence-electron chi connectivity index (χ3n) is 2.42. The van der Waals surface area contributed by atoms with Crippen molar-refractivity contribution in [1.29, 1.82) is 0 Å². The van der Waals surface area contributed by atoms with Gasteiger partial charge in [-0.15, -0.1) is 0 Å². The van der Waals surface area contributed by atoms with Crippen molar-refractivity contribution in [3.05, 3.63) is 42.0 Å². The van der Waals surface area contributed by atoms with Gasteiger partial charge in [0.2, 0.25) is 0 Å². The van der Waals surface area contributed by atoms with E-state index >= 15 is 0 Å². The van der Waals surface area contributed by atoms with E-state index < -0.39 is 10.1 Å². The van der Waals surface area contributed by atoms with Crippen LogP contribution in [-0.4, -0.2) is 13.0 Å². The molecule has 0 unspecified atom stereocenters. The minimum Gasteiger partial charge on any atom is -0.744 e. The van der Waals surface area contributed by atoms with E-state index in [1.165, 1.54) is 6.07 Å². The molecule has 15 heavy (non-hydrogen) atoms.